The molecule has 0 aliphatic heterocycles. The molecule has 0 aliphatic carbocycles. The number of esters is 1. The standard InChI is InChI=1S/C12H13BrO2/c1-2-9-15-12(14)11-5-3-10(4-6-11)7-8-13/h3-8H,2,9H2,1H3/b8-7-. The van der Waals surface area contributed by atoms with Crippen LogP contribution in [0.5, 0.6) is 0 Å². The van der Waals surface area contributed by atoms with Gasteiger partial charge in [0.05, 0.1) is 12.2 Å². The zero-order valence-corrected chi connectivity index (χ0v) is 10.2. The molecule has 0 spiro atoms. The first-order valence-electron chi connectivity index (χ1n) is 4.82. The molecule has 0 fully saturated rings. The smallest absolute Gasteiger partial charge is 0.338 e. The number of rotatable bonds is 4. The molecule has 0 unspecified atom stereocenters. The van der Waals surface area contributed by atoms with Crippen LogP contribution in [0.15, 0.2) is 29.3 Å². The van der Waals surface area contributed by atoms with Crippen LogP contribution in [-0.2, 0) is 4.74 Å². The third kappa shape index (κ3) is 3.88. The van der Waals surface area contributed by atoms with E-state index in [0.29, 0.717) is 12.2 Å². The van der Waals surface area contributed by atoms with Crippen LogP contribution in [0, 0.1) is 0 Å². The number of benzene rings is 1. The SMILES string of the molecule is CCCOC(=O)c1ccc(/C=C\Br)cc1. The molecule has 0 saturated heterocycles. The van der Waals surface area contributed by atoms with Gasteiger partial charge in [-0.25, -0.2) is 4.79 Å². The van der Waals surface area contributed by atoms with Gasteiger partial charge in [-0.1, -0.05) is 35.0 Å². The van der Waals surface area contributed by atoms with Crippen LogP contribution < -0.4 is 0 Å². The van der Waals surface area contributed by atoms with Crippen LogP contribution in [0.4, 0.5) is 0 Å². The molecule has 0 bridgehead atoms. The Morgan fingerprint density at radius 3 is 2.60 bits per heavy atom. The summed E-state index contributed by atoms with van der Waals surface area (Å²) >= 11 is 3.20. The van der Waals surface area contributed by atoms with E-state index in [1.807, 2.05) is 25.1 Å². The lowest BCUT2D eigenvalue weighted by Crippen LogP contribution is -2.05. The molecule has 0 atom stereocenters. The van der Waals surface area contributed by atoms with Crippen molar-refractivity contribution in [2.24, 2.45) is 0 Å². The molecule has 1 rings (SSSR count). The minimum Gasteiger partial charge on any atom is -0.462 e. The minimum absolute atomic E-state index is 0.258. The Morgan fingerprint density at radius 1 is 1.40 bits per heavy atom. The molecule has 0 aromatic heterocycles. The summed E-state index contributed by atoms with van der Waals surface area (Å²) in [5.74, 6) is -0.258. The van der Waals surface area contributed by atoms with Gasteiger partial charge in [-0.3, -0.25) is 0 Å². The van der Waals surface area contributed by atoms with E-state index < -0.39 is 0 Å². The predicted molar refractivity (Wildman–Crippen MR) is 65.0 cm³/mol. The molecule has 80 valence electrons. The van der Waals surface area contributed by atoms with Crippen molar-refractivity contribution in [3.05, 3.63) is 40.4 Å². The van der Waals surface area contributed by atoms with Crippen molar-refractivity contribution in [2.75, 3.05) is 6.61 Å². The Kier molecular flexibility index (Phi) is 5.12. The number of carbonyl (C=O) groups is 1. The van der Waals surface area contributed by atoms with Crippen molar-refractivity contribution < 1.29 is 9.53 Å². The van der Waals surface area contributed by atoms with E-state index in [1.165, 1.54) is 0 Å². The van der Waals surface area contributed by atoms with E-state index in [2.05, 4.69) is 15.9 Å². The summed E-state index contributed by atoms with van der Waals surface area (Å²) in [6.45, 7) is 2.44. The first kappa shape index (κ1) is 12.0. The highest BCUT2D eigenvalue weighted by Crippen LogP contribution is 2.08. The van der Waals surface area contributed by atoms with E-state index in [4.69, 9.17) is 4.74 Å². The molecule has 3 heteroatoms. The number of hydrogen-bond donors (Lipinski definition) is 0. The van der Waals surface area contributed by atoms with Crippen molar-refractivity contribution in [1.29, 1.82) is 0 Å². The first-order chi connectivity index (χ1) is 7.27. The van der Waals surface area contributed by atoms with E-state index in [1.54, 1.807) is 17.1 Å². The topological polar surface area (TPSA) is 26.3 Å². The largest absolute Gasteiger partial charge is 0.462 e. The molecule has 0 heterocycles. The van der Waals surface area contributed by atoms with Crippen molar-refractivity contribution in [1.82, 2.24) is 0 Å². The summed E-state index contributed by atoms with van der Waals surface area (Å²) < 4.78 is 5.01. The lowest BCUT2D eigenvalue weighted by molar-refractivity contribution is 0.0505. The summed E-state index contributed by atoms with van der Waals surface area (Å²) in [5, 5.41) is 0. The fourth-order valence-electron chi connectivity index (χ4n) is 1.08. The summed E-state index contributed by atoms with van der Waals surface area (Å²) in [7, 11) is 0. The summed E-state index contributed by atoms with van der Waals surface area (Å²) in [6.07, 6.45) is 2.75. The maximum absolute atomic E-state index is 11.4. The lowest BCUT2D eigenvalue weighted by Gasteiger charge is -2.02. The highest BCUT2D eigenvalue weighted by Gasteiger charge is 2.04. The third-order valence-corrected chi connectivity index (χ3v) is 2.10. The van der Waals surface area contributed by atoms with Gasteiger partial charge in [-0.15, -0.1) is 0 Å². The van der Waals surface area contributed by atoms with Gasteiger partial charge in [-0.05, 0) is 35.2 Å². The fraction of sp³-hybridized carbons (Fsp3) is 0.250. The number of halogens is 1. The van der Waals surface area contributed by atoms with Crippen LogP contribution in [0.2, 0.25) is 0 Å². The van der Waals surface area contributed by atoms with Gasteiger partial charge in [-0.2, -0.15) is 0 Å². The molecule has 0 saturated carbocycles. The second kappa shape index (κ2) is 6.40. The van der Waals surface area contributed by atoms with E-state index >= 15 is 0 Å². The maximum atomic E-state index is 11.4. The van der Waals surface area contributed by atoms with Gasteiger partial charge in [0, 0.05) is 0 Å². The molecule has 0 N–H and O–H groups in total. The van der Waals surface area contributed by atoms with Crippen molar-refractivity contribution in [3.63, 3.8) is 0 Å². The fourth-order valence-corrected chi connectivity index (χ4v) is 1.39. The molecular weight excluding hydrogens is 256 g/mol. The molecule has 0 aliphatic rings. The monoisotopic (exact) mass is 268 g/mol. The van der Waals surface area contributed by atoms with Crippen molar-refractivity contribution in [3.8, 4) is 0 Å². The van der Waals surface area contributed by atoms with Crippen LogP contribution in [0.25, 0.3) is 6.08 Å². The second-order valence-corrected chi connectivity index (χ2v) is 3.58. The van der Waals surface area contributed by atoms with Crippen LogP contribution in [0.3, 0.4) is 0 Å². The van der Waals surface area contributed by atoms with Gasteiger partial charge < -0.3 is 4.74 Å². The zero-order valence-electron chi connectivity index (χ0n) is 8.57. The Labute approximate surface area is 98.1 Å². The van der Waals surface area contributed by atoms with E-state index in [9.17, 15) is 4.79 Å². The van der Waals surface area contributed by atoms with Gasteiger partial charge in [0.25, 0.3) is 0 Å². The highest BCUT2D eigenvalue weighted by molar-refractivity contribution is 9.11. The molecule has 1 aromatic carbocycles. The summed E-state index contributed by atoms with van der Waals surface area (Å²) in [5.41, 5.74) is 1.63. The summed E-state index contributed by atoms with van der Waals surface area (Å²) in [6, 6.07) is 7.28. The molecule has 2 nitrogen and oxygen atoms in total. The zero-order chi connectivity index (χ0) is 11.1. The highest BCUT2D eigenvalue weighted by atomic mass is 79.9. The normalized spacial score (nSPS) is 10.5. The van der Waals surface area contributed by atoms with Crippen LogP contribution in [0.1, 0.15) is 29.3 Å². The summed E-state index contributed by atoms with van der Waals surface area (Å²) in [4.78, 5) is 13.2. The van der Waals surface area contributed by atoms with E-state index in [-0.39, 0.29) is 5.97 Å². The molecule has 1 aromatic rings. The van der Waals surface area contributed by atoms with Crippen LogP contribution in [-0.4, -0.2) is 12.6 Å². The van der Waals surface area contributed by atoms with Crippen LogP contribution >= 0.6 is 15.9 Å². The second-order valence-electron chi connectivity index (χ2n) is 3.05. The average Bonchev–Trinajstić information content (AvgIpc) is 2.27. The van der Waals surface area contributed by atoms with E-state index in [0.717, 1.165) is 12.0 Å². The third-order valence-electron chi connectivity index (χ3n) is 1.84. The first-order valence-corrected chi connectivity index (χ1v) is 5.73. The average molecular weight is 269 g/mol. The maximum Gasteiger partial charge on any atom is 0.338 e. The van der Waals surface area contributed by atoms with Crippen molar-refractivity contribution in [2.45, 2.75) is 13.3 Å². The Balaban J connectivity index is 2.66. The molecular formula is C12H13BrO2. The number of ether oxygens (including phenoxy) is 1. The van der Waals surface area contributed by atoms with Gasteiger partial charge >= 0.3 is 5.97 Å². The Bertz CT molecular complexity index is 341. The van der Waals surface area contributed by atoms with Gasteiger partial charge in [0.15, 0.2) is 0 Å². The minimum atomic E-state index is -0.258. The molecule has 0 amide bonds. The molecule has 15 heavy (non-hydrogen) atoms. The van der Waals surface area contributed by atoms with Crippen molar-refractivity contribution >= 4 is 28.0 Å². The predicted octanol–water partition coefficient (Wildman–Crippen LogP) is 3.62. The molecule has 0 radical (unpaired) electrons. The number of hydrogen-bond acceptors (Lipinski definition) is 2. The van der Waals surface area contributed by atoms with Gasteiger partial charge in [0.2, 0.25) is 0 Å². The van der Waals surface area contributed by atoms with Gasteiger partial charge in [0.1, 0.15) is 0 Å². The number of carbonyl (C=O) groups excluding carboxylic acids is 1. The quantitative estimate of drug-likeness (QED) is 0.780. The lowest BCUT2D eigenvalue weighted by atomic mass is 10.1. The Hall–Kier alpha value is -1.09. The Morgan fingerprint density at radius 2 is 2.07 bits per heavy atom.